The maximum absolute atomic E-state index is 13.1. The molecule has 1 aromatic carbocycles. The van der Waals surface area contributed by atoms with Gasteiger partial charge in [-0.3, -0.25) is 19.2 Å². The molecule has 6 atom stereocenters. The zero-order valence-corrected chi connectivity index (χ0v) is 27.2. The van der Waals surface area contributed by atoms with Gasteiger partial charge in [0.25, 0.3) is 0 Å². The monoisotopic (exact) mass is 639 g/mol. The Balaban J connectivity index is 2.19. The average Bonchev–Trinajstić information content (AvgIpc) is 2.88. The molecule has 1 heterocycles. The van der Waals surface area contributed by atoms with Gasteiger partial charge in [-0.05, 0) is 59.2 Å². The van der Waals surface area contributed by atoms with Gasteiger partial charge in [0.15, 0.2) is 18.5 Å². The lowest BCUT2D eigenvalue weighted by molar-refractivity contribution is -0.304. The summed E-state index contributed by atoms with van der Waals surface area (Å²) in [5.74, 6) is -3.05. The van der Waals surface area contributed by atoms with E-state index >= 15 is 0 Å². The predicted molar refractivity (Wildman–Crippen MR) is 157 cm³/mol. The summed E-state index contributed by atoms with van der Waals surface area (Å²) in [4.78, 5) is 61.0. The molecule has 1 aliphatic rings. The first-order valence-electron chi connectivity index (χ1n) is 14.5. The van der Waals surface area contributed by atoms with Crippen molar-refractivity contribution in [3.8, 4) is 5.75 Å². The number of ether oxygens (including phenoxy) is 7. The molecular weight excluding hydrogens is 594 g/mol. The molecule has 252 valence electrons. The van der Waals surface area contributed by atoms with E-state index in [4.69, 9.17) is 33.2 Å². The van der Waals surface area contributed by atoms with Crippen molar-refractivity contribution in [3.05, 3.63) is 29.8 Å². The quantitative estimate of drug-likeness (QED) is 0.250. The highest BCUT2D eigenvalue weighted by Crippen LogP contribution is 2.28. The van der Waals surface area contributed by atoms with E-state index in [2.05, 4.69) is 5.32 Å². The summed E-state index contributed by atoms with van der Waals surface area (Å²) in [6, 6.07) is 5.95. The van der Waals surface area contributed by atoms with Gasteiger partial charge in [-0.25, -0.2) is 4.79 Å². The van der Waals surface area contributed by atoms with Gasteiger partial charge in [-0.1, -0.05) is 12.1 Å². The summed E-state index contributed by atoms with van der Waals surface area (Å²) >= 11 is 0. The van der Waals surface area contributed by atoms with Crippen molar-refractivity contribution in [3.63, 3.8) is 0 Å². The third kappa shape index (κ3) is 13.4. The number of benzene rings is 1. The second-order valence-electron chi connectivity index (χ2n) is 12.5. The normalized spacial score (nSPS) is 22.4. The number of rotatable bonds is 12. The molecule has 1 amide bonds. The van der Waals surface area contributed by atoms with Gasteiger partial charge in [0, 0.05) is 27.2 Å². The molecule has 0 aromatic heterocycles. The van der Waals surface area contributed by atoms with Crippen molar-refractivity contribution >= 4 is 29.8 Å². The average molecular weight is 640 g/mol. The third-order valence-electron chi connectivity index (χ3n) is 5.86. The molecule has 0 radical (unpaired) electrons. The smallest absolute Gasteiger partial charge is 0.329 e. The van der Waals surface area contributed by atoms with Crippen LogP contribution in [-0.4, -0.2) is 96.1 Å². The van der Waals surface area contributed by atoms with Crippen LogP contribution < -0.4 is 10.1 Å². The van der Waals surface area contributed by atoms with Crippen LogP contribution >= 0.6 is 0 Å². The van der Waals surface area contributed by atoms with Crippen molar-refractivity contribution in [2.45, 2.75) is 117 Å². The Morgan fingerprint density at radius 2 is 1.44 bits per heavy atom. The summed E-state index contributed by atoms with van der Waals surface area (Å²) < 4.78 is 38.0. The molecule has 1 aliphatic heterocycles. The number of carbonyl (C=O) groups is 5. The minimum Gasteiger partial charge on any atom is -0.488 e. The number of esters is 4. The number of aliphatic hydroxyl groups is 1. The van der Waals surface area contributed by atoms with E-state index < -0.39 is 90.9 Å². The Kier molecular flexibility index (Phi) is 13.3. The first-order valence-corrected chi connectivity index (χ1v) is 14.5. The van der Waals surface area contributed by atoms with Gasteiger partial charge in [-0.15, -0.1) is 0 Å². The minimum absolute atomic E-state index is 0.0854. The second-order valence-corrected chi connectivity index (χ2v) is 12.5. The van der Waals surface area contributed by atoms with E-state index in [0.29, 0.717) is 11.3 Å². The van der Waals surface area contributed by atoms with Gasteiger partial charge < -0.3 is 43.6 Å². The van der Waals surface area contributed by atoms with Gasteiger partial charge in [0.1, 0.15) is 48.4 Å². The Morgan fingerprint density at radius 1 is 0.867 bits per heavy atom. The lowest BCUT2D eigenvalue weighted by atomic mass is 9.98. The number of nitrogens with one attached hydrogen (secondary N) is 1. The molecule has 1 fully saturated rings. The molecule has 45 heavy (non-hydrogen) atoms. The Hall–Kier alpha value is -3.75. The molecule has 2 rings (SSSR count). The lowest BCUT2D eigenvalue weighted by Crippen LogP contribution is -2.62. The second kappa shape index (κ2) is 16.0. The highest BCUT2D eigenvalue weighted by Gasteiger charge is 2.50. The van der Waals surface area contributed by atoms with Gasteiger partial charge in [-0.2, -0.15) is 0 Å². The lowest BCUT2D eigenvalue weighted by Gasteiger charge is -2.42. The van der Waals surface area contributed by atoms with Crippen molar-refractivity contribution < 1.29 is 62.2 Å². The number of aliphatic hydroxyl groups excluding tert-OH is 1. The SMILES string of the molecule is CC(=O)OC[C@H]1O[C@H](OCC(=O)N[C@@H](Cc2ccc(OC(C)(C)C)cc2)C(=O)OC(C)(C)C)[C@H](O)[C@@H](OC(C)=O)[C@@H]1OC(C)=O. The van der Waals surface area contributed by atoms with Crippen LogP contribution in [-0.2, 0) is 58.8 Å². The zero-order valence-electron chi connectivity index (χ0n) is 27.2. The topological polar surface area (TPSA) is 182 Å². The molecular formula is C31H45NO13. The molecule has 14 heteroatoms. The van der Waals surface area contributed by atoms with Crippen LogP contribution in [0, 0.1) is 0 Å². The summed E-state index contributed by atoms with van der Waals surface area (Å²) in [6.07, 6.45) is -7.27. The fourth-order valence-electron chi connectivity index (χ4n) is 4.27. The maximum atomic E-state index is 13.1. The number of carbonyl (C=O) groups excluding carboxylic acids is 5. The molecule has 0 aliphatic carbocycles. The van der Waals surface area contributed by atoms with Crippen LogP contribution in [0.4, 0.5) is 0 Å². The Labute approximate surface area is 262 Å². The van der Waals surface area contributed by atoms with Crippen LogP contribution in [0.3, 0.4) is 0 Å². The predicted octanol–water partition coefficient (Wildman–Crippen LogP) is 1.76. The molecule has 1 saturated heterocycles. The Bertz CT molecular complexity index is 1190. The molecule has 0 saturated carbocycles. The van der Waals surface area contributed by atoms with E-state index in [9.17, 15) is 29.1 Å². The first-order chi connectivity index (χ1) is 20.7. The highest BCUT2D eigenvalue weighted by atomic mass is 16.7. The van der Waals surface area contributed by atoms with Crippen molar-refractivity contribution in [2.24, 2.45) is 0 Å². The standard InChI is InChI=1S/C31H45NO13/c1-17(33)39-15-23-26(41-18(2)34)27(42-19(3)35)25(37)29(43-23)40-16-24(36)32-22(28(38)45-31(7,8)9)14-20-10-12-21(13-11-20)44-30(4,5)6/h10-13,22-23,25-27,29,37H,14-16H2,1-9H3,(H,32,36)/t22-,23+,25+,26+,27+,29-/m0/s1. The van der Waals surface area contributed by atoms with Gasteiger partial charge in [0.05, 0.1) is 0 Å². The summed E-state index contributed by atoms with van der Waals surface area (Å²) in [7, 11) is 0. The molecule has 0 unspecified atom stereocenters. The van der Waals surface area contributed by atoms with Crippen LogP contribution in [0.15, 0.2) is 24.3 Å². The maximum Gasteiger partial charge on any atom is 0.329 e. The number of amides is 1. The van der Waals surface area contributed by atoms with E-state index in [1.165, 1.54) is 0 Å². The largest absolute Gasteiger partial charge is 0.488 e. The minimum atomic E-state index is -1.71. The van der Waals surface area contributed by atoms with Crippen LogP contribution in [0.25, 0.3) is 0 Å². The fraction of sp³-hybridized carbons (Fsp3) is 0.645. The number of hydrogen-bond acceptors (Lipinski definition) is 13. The van der Waals surface area contributed by atoms with E-state index in [0.717, 1.165) is 20.8 Å². The molecule has 14 nitrogen and oxygen atoms in total. The molecule has 0 bridgehead atoms. The third-order valence-corrected chi connectivity index (χ3v) is 5.86. The summed E-state index contributed by atoms with van der Waals surface area (Å²) in [5.41, 5.74) is -0.514. The molecule has 0 spiro atoms. The van der Waals surface area contributed by atoms with Crippen molar-refractivity contribution in [2.75, 3.05) is 13.2 Å². The van der Waals surface area contributed by atoms with Crippen LogP contribution in [0.2, 0.25) is 0 Å². The van der Waals surface area contributed by atoms with Gasteiger partial charge in [0.2, 0.25) is 5.91 Å². The summed E-state index contributed by atoms with van der Waals surface area (Å²) in [5, 5.41) is 13.5. The van der Waals surface area contributed by atoms with E-state index in [-0.39, 0.29) is 6.42 Å². The van der Waals surface area contributed by atoms with Gasteiger partial charge >= 0.3 is 23.9 Å². The first kappa shape index (κ1) is 37.4. The Morgan fingerprint density at radius 3 is 1.96 bits per heavy atom. The summed E-state index contributed by atoms with van der Waals surface area (Å²) in [6.45, 7) is 13.0. The van der Waals surface area contributed by atoms with Crippen molar-refractivity contribution in [1.29, 1.82) is 0 Å². The van der Waals surface area contributed by atoms with E-state index in [1.54, 1.807) is 45.0 Å². The van der Waals surface area contributed by atoms with E-state index in [1.807, 2.05) is 20.8 Å². The number of hydrogen-bond donors (Lipinski definition) is 2. The molecule has 1 aromatic rings. The fourth-order valence-corrected chi connectivity index (χ4v) is 4.27. The van der Waals surface area contributed by atoms with Crippen LogP contribution in [0.1, 0.15) is 67.9 Å². The van der Waals surface area contributed by atoms with Crippen molar-refractivity contribution in [1.82, 2.24) is 5.32 Å². The zero-order chi connectivity index (χ0) is 34.1. The highest BCUT2D eigenvalue weighted by molar-refractivity contribution is 5.85. The molecule has 2 N–H and O–H groups in total. The van der Waals surface area contributed by atoms with Crippen LogP contribution in [0.5, 0.6) is 5.75 Å².